The van der Waals surface area contributed by atoms with Crippen molar-refractivity contribution in [2.45, 2.75) is 25.9 Å². The highest BCUT2D eigenvalue weighted by atomic mass is 35.5. The van der Waals surface area contributed by atoms with Gasteiger partial charge in [-0.25, -0.2) is 0 Å². The van der Waals surface area contributed by atoms with E-state index in [4.69, 9.17) is 11.6 Å². The van der Waals surface area contributed by atoms with Crippen LogP contribution in [0.3, 0.4) is 0 Å². The zero-order chi connectivity index (χ0) is 19.9. The topological polar surface area (TPSA) is 62.3 Å². The lowest BCUT2D eigenvalue weighted by molar-refractivity contribution is -0.121. The van der Waals surface area contributed by atoms with E-state index in [-0.39, 0.29) is 24.3 Å². The Labute approximate surface area is 173 Å². The number of aromatic nitrogens is 1. The van der Waals surface area contributed by atoms with Crippen LogP contribution in [0.15, 0.2) is 66.2 Å². The fraction of sp³-hybridized carbons (Fsp3) is 0.190. The molecule has 2 aromatic heterocycles. The van der Waals surface area contributed by atoms with E-state index in [1.165, 1.54) is 18.3 Å². The van der Waals surface area contributed by atoms with Crippen molar-refractivity contribution < 1.29 is 9.59 Å². The Morgan fingerprint density at radius 2 is 1.93 bits per heavy atom. The Morgan fingerprint density at radius 3 is 2.54 bits per heavy atom. The molecule has 2 amide bonds. The van der Waals surface area contributed by atoms with E-state index >= 15 is 0 Å². The lowest BCUT2D eigenvalue weighted by atomic mass is 10.1. The zero-order valence-corrected chi connectivity index (χ0v) is 16.9. The lowest BCUT2D eigenvalue weighted by Crippen LogP contribution is -2.35. The number of pyridine rings is 1. The number of halogens is 1. The maximum Gasteiger partial charge on any atom is 0.229 e. The highest BCUT2D eigenvalue weighted by Gasteiger charge is 2.23. The van der Waals surface area contributed by atoms with E-state index < -0.39 is 0 Å². The summed E-state index contributed by atoms with van der Waals surface area (Å²) in [6.07, 6.45) is 1.85. The third-order valence-corrected chi connectivity index (χ3v) is 5.37. The van der Waals surface area contributed by atoms with Gasteiger partial charge in [-0.1, -0.05) is 23.7 Å². The molecule has 1 atom stereocenters. The third kappa shape index (κ3) is 5.41. The van der Waals surface area contributed by atoms with Gasteiger partial charge in [-0.2, -0.15) is 0 Å². The van der Waals surface area contributed by atoms with Gasteiger partial charge in [0.15, 0.2) is 0 Å². The zero-order valence-electron chi connectivity index (χ0n) is 15.3. The first-order chi connectivity index (χ1) is 13.5. The second-order valence-electron chi connectivity index (χ2n) is 6.25. The molecule has 144 valence electrons. The van der Waals surface area contributed by atoms with Crippen LogP contribution in [0, 0.1) is 0 Å². The van der Waals surface area contributed by atoms with Gasteiger partial charge in [0.1, 0.15) is 0 Å². The van der Waals surface area contributed by atoms with E-state index in [0.717, 1.165) is 16.3 Å². The second-order valence-corrected chi connectivity index (χ2v) is 7.67. The molecule has 1 unspecified atom stereocenters. The molecule has 3 rings (SSSR count). The number of nitrogens with one attached hydrogen (secondary N) is 1. The van der Waals surface area contributed by atoms with Crippen LogP contribution in [0.25, 0.3) is 0 Å². The van der Waals surface area contributed by atoms with Gasteiger partial charge >= 0.3 is 0 Å². The maximum absolute atomic E-state index is 13.2. The normalized spacial score (nSPS) is 11.6. The predicted octanol–water partition coefficient (Wildman–Crippen LogP) is 4.60. The minimum atomic E-state index is -0.372. The first kappa shape index (κ1) is 20.0. The van der Waals surface area contributed by atoms with Crippen LogP contribution in [0.4, 0.5) is 5.69 Å². The fourth-order valence-electron chi connectivity index (χ4n) is 2.84. The molecule has 0 fully saturated rings. The molecule has 0 saturated heterocycles. The summed E-state index contributed by atoms with van der Waals surface area (Å²) in [5.74, 6) is -0.283. The number of benzene rings is 1. The average Bonchev–Trinajstić information content (AvgIpc) is 3.22. The third-order valence-electron chi connectivity index (χ3n) is 4.13. The van der Waals surface area contributed by atoms with Crippen molar-refractivity contribution in [3.63, 3.8) is 0 Å². The summed E-state index contributed by atoms with van der Waals surface area (Å²) in [6, 6.07) is 16.2. The van der Waals surface area contributed by atoms with Crippen LogP contribution in [-0.4, -0.2) is 16.8 Å². The van der Waals surface area contributed by atoms with Crippen molar-refractivity contribution >= 4 is 40.4 Å². The number of thiophene rings is 1. The van der Waals surface area contributed by atoms with Crippen LogP contribution in [0.2, 0.25) is 5.02 Å². The van der Waals surface area contributed by atoms with Gasteiger partial charge in [-0.15, -0.1) is 11.3 Å². The smallest absolute Gasteiger partial charge is 0.229 e. The van der Waals surface area contributed by atoms with Crippen molar-refractivity contribution in [1.29, 1.82) is 0 Å². The van der Waals surface area contributed by atoms with E-state index in [9.17, 15) is 9.59 Å². The van der Waals surface area contributed by atoms with Crippen molar-refractivity contribution in [2.24, 2.45) is 0 Å². The van der Waals surface area contributed by atoms with Crippen molar-refractivity contribution in [3.8, 4) is 0 Å². The number of nitrogens with zero attached hydrogens (tertiary/aromatic N) is 2. The molecule has 2 heterocycles. The summed E-state index contributed by atoms with van der Waals surface area (Å²) in [5.41, 5.74) is 1.51. The van der Waals surface area contributed by atoms with E-state index in [0.29, 0.717) is 11.6 Å². The van der Waals surface area contributed by atoms with Crippen molar-refractivity contribution in [3.05, 3.63) is 81.8 Å². The van der Waals surface area contributed by atoms with Gasteiger partial charge in [0.25, 0.3) is 0 Å². The van der Waals surface area contributed by atoms with E-state index in [1.54, 1.807) is 23.2 Å². The molecule has 0 spiro atoms. The van der Waals surface area contributed by atoms with Gasteiger partial charge in [-0.3, -0.25) is 14.6 Å². The molecule has 3 aromatic rings. The molecule has 0 aliphatic heterocycles. The number of carbonyl (C=O) groups is 2. The van der Waals surface area contributed by atoms with Crippen LogP contribution < -0.4 is 10.2 Å². The van der Waals surface area contributed by atoms with Crippen molar-refractivity contribution in [2.75, 3.05) is 4.90 Å². The molecule has 0 bridgehead atoms. The predicted molar refractivity (Wildman–Crippen MR) is 112 cm³/mol. The number of amides is 2. The van der Waals surface area contributed by atoms with Gasteiger partial charge < -0.3 is 10.2 Å². The minimum Gasteiger partial charge on any atom is -0.348 e. The molecule has 7 heteroatoms. The van der Waals surface area contributed by atoms with Gasteiger partial charge in [0, 0.05) is 28.7 Å². The number of anilines is 1. The van der Waals surface area contributed by atoms with Gasteiger partial charge in [0.2, 0.25) is 11.8 Å². The SMILES string of the molecule is CC(=O)NC(CC(=O)N(Cc1ccccn1)c1ccc(Cl)cc1)c1cccs1. The number of carbonyl (C=O) groups excluding carboxylic acids is 2. The number of hydrogen-bond acceptors (Lipinski definition) is 4. The molecule has 28 heavy (non-hydrogen) atoms. The largest absolute Gasteiger partial charge is 0.348 e. The van der Waals surface area contributed by atoms with Crippen LogP contribution in [-0.2, 0) is 16.1 Å². The molecule has 0 radical (unpaired) electrons. The van der Waals surface area contributed by atoms with Crippen LogP contribution in [0.1, 0.15) is 30.0 Å². The van der Waals surface area contributed by atoms with Crippen molar-refractivity contribution in [1.82, 2.24) is 10.3 Å². The van der Waals surface area contributed by atoms with Crippen LogP contribution in [0.5, 0.6) is 0 Å². The number of rotatable bonds is 7. The highest BCUT2D eigenvalue weighted by Crippen LogP contribution is 2.26. The molecule has 0 saturated carbocycles. The van der Waals surface area contributed by atoms with E-state index in [1.807, 2.05) is 47.8 Å². The molecule has 0 aliphatic rings. The summed E-state index contributed by atoms with van der Waals surface area (Å²) in [7, 11) is 0. The second kappa shape index (κ2) is 9.48. The highest BCUT2D eigenvalue weighted by molar-refractivity contribution is 7.10. The molecular formula is C21H20ClN3O2S. The Morgan fingerprint density at radius 1 is 1.14 bits per heavy atom. The molecule has 5 nitrogen and oxygen atoms in total. The Kier molecular flexibility index (Phi) is 6.79. The summed E-state index contributed by atoms with van der Waals surface area (Å²) in [6.45, 7) is 1.79. The van der Waals surface area contributed by atoms with Crippen LogP contribution >= 0.6 is 22.9 Å². The Balaban J connectivity index is 1.86. The number of hydrogen-bond donors (Lipinski definition) is 1. The summed E-state index contributed by atoms with van der Waals surface area (Å²) >= 11 is 7.52. The maximum atomic E-state index is 13.2. The first-order valence-corrected chi connectivity index (χ1v) is 10.0. The Bertz CT molecular complexity index is 915. The first-order valence-electron chi connectivity index (χ1n) is 8.79. The van der Waals surface area contributed by atoms with E-state index in [2.05, 4.69) is 10.3 Å². The quantitative estimate of drug-likeness (QED) is 0.615. The summed E-state index contributed by atoms with van der Waals surface area (Å²) in [5, 5.41) is 5.41. The Hall–Kier alpha value is -2.70. The molecular weight excluding hydrogens is 394 g/mol. The minimum absolute atomic E-state index is 0.111. The summed E-state index contributed by atoms with van der Waals surface area (Å²) < 4.78 is 0. The lowest BCUT2D eigenvalue weighted by Gasteiger charge is -2.25. The average molecular weight is 414 g/mol. The van der Waals surface area contributed by atoms with Gasteiger partial charge in [0.05, 0.1) is 24.7 Å². The monoisotopic (exact) mass is 413 g/mol. The molecule has 0 aliphatic carbocycles. The van der Waals surface area contributed by atoms with Gasteiger partial charge in [-0.05, 0) is 47.8 Å². The standard InChI is InChI=1S/C21H20ClN3O2S/c1-15(26)24-19(20-6-4-12-28-20)13-21(27)25(14-17-5-2-3-11-23-17)18-9-7-16(22)8-10-18/h2-12,19H,13-14H2,1H3,(H,24,26). The fourth-order valence-corrected chi connectivity index (χ4v) is 3.74. The summed E-state index contributed by atoms with van der Waals surface area (Å²) in [4.78, 5) is 31.8. The molecule has 1 N–H and O–H groups in total. The molecule has 1 aromatic carbocycles.